The van der Waals surface area contributed by atoms with Crippen LogP contribution in [0.25, 0.3) is 16.9 Å². The molecule has 0 spiro atoms. The summed E-state index contributed by atoms with van der Waals surface area (Å²) in [5.74, 6) is -1.11. The maximum atomic E-state index is 13.0. The molecule has 12 heteroatoms. The Kier molecular flexibility index (Phi) is 8.51. The highest BCUT2D eigenvalue weighted by atomic mass is 19.4. The second-order valence-electron chi connectivity index (χ2n) is 10.9. The molecule has 1 unspecified atom stereocenters. The van der Waals surface area contributed by atoms with Crippen molar-refractivity contribution in [2.75, 3.05) is 26.7 Å². The standard InChI is InChI=1S/C16H14FN3O.C11H20F3N3O/c1-10(2)14-7-15(11-3-5-12(17)6-4-11)19-20-8-13(9-21)18-16(14)20;1-9(2)7-17(6-5-16(9)4)8(18)10(3,15)11(12,13)14/h3-10H,1-2H3;5-7,15H2,1-4H3. The number of imidazole rings is 1. The van der Waals surface area contributed by atoms with Crippen LogP contribution in [0.4, 0.5) is 17.6 Å². The summed E-state index contributed by atoms with van der Waals surface area (Å²) in [4.78, 5) is 30.3. The van der Waals surface area contributed by atoms with Crippen molar-refractivity contribution in [3.63, 3.8) is 0 Å². The summed E-state index contributed by atoms with van der Waals surface area (Å²) in [5.41, 5.74) is 5.56. The number of aromatic nitrogens is 3. The fourth-order valence-electron chi connectivity index (χ4n) is 4.13. The molecule has 4 rings (SSSR count). The van der Waals surface area contributed by atoms with Crippen molar-refractivity contribution in [3.05, 3.63) is 53.6 Å². The van der Waals surface area contributed by atoms with E-state index in [1.54, 1.807) is 22.8 Å². The van der Waals surface area contributed by atoms with Gasteiger partial charge >= 0.3 is 6.18 Å². The van der Waals surface area contributed by atoms with Gasteiger partial charge in [-0.3, -0.25) is 14.5 Å². The number of hydrogen-bond acceptors (Lipinski definition) is 6. The predicted octanol–water partition coefficient (Wildman–Crippen LogP) is 4.29. The maximum Gasteiger partial charge on any atom is 0.415 e. The number of halogens is 4. The largest absolute Gasteiger partial charge is 0.415 e. The number of benzene rings is 1. The van der Waals surface area contributed by atoms with Crippen LogP contribution in [-0.4, -0.2) is 80.5 Å². The van der Waals surface area contributed by atoms with E-state index >= 15 is 0 Å². The van der Waals surface area contributed by atoms with Gasteiger partial charge < -0.3 is 10.6 Å². The topological polar surface area (TPSA) is 96.8 Å². The van der Waals surface area contributed by atoms with E-state index in [1.807, 2.05) is 31.9 Å². The van der Waals surface area contributed by atoms with Gasteiger partial charge in [0, 0.05) is 36.3 Å². The van der Waals surface area contributed by atoms with Gasteiger partial charge in [0.25, 0.3) is 5.91 Å². The number of fused-ring (bicyclic) bond motifs is 1. The lowest BCUT2D eigenvalue weighted by Gasteiger charge is -2.47. The Balaban J connectivity index is 0.000000219. The summed E-state index contributed by atoms with van der Waals surface area (Å²) in [6.45, 7) is 9.64. The summed E-state index contributed by atoms with van der Waals surface area (Å²) < 4.78 is 52.8. The van der Waals surface area contributed by atoms with Gasteiger partial charge in [0.15, 0.2) is 17.5 Å². The average molecular weight is 551 g/mol. The number of hydrogen-bond donors (Lipinski definition) is 1. The number of rotatable bonds is 4. The maximum absolute atomic E-state index is 13.0. The van der Waals surface area contributed by atoms with E-state index in [4.69, 9.17) is 5.73 Å². The third kappa shape index (κ3) is 6.44. The Morgan fingerprint density at radius 3 is 2.28 bits per heavy atom. The smallest absolute Gasteiger partial charge is 0.338 e. The Hall–Kier alpha value is -3.38. The van der Waals surface area contributed by atoms with E-state index in [1.165, 1.54) is 17.0 Å². The highest BCUT2D eigenvalue weighted by Gasteiger charge is 2.56. The van der Waals surface area contributed by atoms with Gasteiger partial charge in [0.2, 0.25) is 0 Å². The second kappa shape index (κ2) is 11.0. The van der Waals surface area contributed by atoms with Crippen LogP contribution in [0, 0.1) is 5.82 Å². The number of nitrogens with two attached hydrogens (primary N) is 1. The van der Waals surface area contributed by atoms with Crippen LogP contribution < -0.4 is 5.73 Å². The molecule has 0 bridgehead atoms. The molecule has 1 aromatic carbocycles. The summed E-state index contributed by atoms with van der Waals surface area (Å²) in [6, 6.07) is 8.12. The van der Waals surface area contributed by atoms with Gasteiger partial charge in [-0.2, -0.15) is 18.3 Å². The lowest BCUT2D eigenvalue weighted by atomic mass is 9.95. The van der Waals surface area contributed by atoms with Crippen molar-refractivity contribution in [3.8, 4) is 11.3 Å². The van der Waals surface area contributed by atoms with E-state index in [-0.39, 0.29) is 30.4 Å². The van der Waals surface area contributed by atoms with Gasteiger partial charge in [-0.1, -0.05) is 13.8 Å². The Morgan fingerprint density at radius 2 is 1.77 bits per heavy atom. The van der Waals surface area contributed by atoms with Gasteiger partial charge in [-0.25, -0.2) is 13.9 Å². The molecule has 1 aliphatic heterocycles. The van der Waals surface area contributed by atoms with Crippen LogP contribution >= 0.6 is 0 Å². The first-order valence-electron chi connectivity index (χ1n) is 12.5. The Bertz CT molecular complexity index is 1330. The zero-order valence-electron chi connectivity index (χ0n) is 22.9. The quantitative estimate of drug-likeness (QED) is 0.385. The number of carbonyl (C=O) groups excluding carboxylic acids is 2. The molecule has 1 aliphatic rings. The summed E-state index contributed by atoms with van der Waals surface area (Å²) in [5, 5.41) is 4.46. The van der Waals surface area contributed by atoms with Crippen LogP contribution in [0.5, 0.6) is 0 Å². The van der Waals surface area contributed by atoms with E-state index in [9.17, 15) is 27.2 Å². The van der Waals surface area contributed by atoms with Crippen molar-refractivity contribution in [1.82, 2.24) is 24.4 Å². The number of aldehydes is 1. The normalized spacial score (nSPS) is 17.5. The van der Waals surface area contributed by atoms with Gasteiger partial charge in [0.1, 0.15) is 11.5 Å². The number of amides is 1. The third-order valence-electron chi connectivity index (χ3n) is 6.99. The van der Waals surface area contributed by atoms with Crippen molar-refractivity contribution in [2.45, 2.75) is 57.8 Å². The molecule has 0 radical (unpaired) electrons. The Morgan fingerprint density at radius 1 is 1.15 bits per heavy atom. The highest BCUT2D eigenvalue weighted by molar-refractivity contribution is 5.87. The molecule has 1 atom stereocenters. The minimum Gasteiger partial charge on any atom is -0.338 e. The van der Waals surface area contributed by atoms with E-state index in [0.29, 0.717) is 24.2 Å². The SMILES string of the molecule is CC(C)c1cc(-c2ccc(F)cc2)nn2cc(C=O)nc12.CN1CCN(C(=O)C(C)(N)C(F)(F)F)CC1(C)C. The average Bonchev–Trinajstić information content (AvgIpc) is 3.28. The van der Waals surface area contributed by atoms with Crippen molar-refractivity contribution in [1.29, 1.82) is 0 Å². The number of piperazine rings is 1. The molecule has 0 aliphatic carbocycles. The van der Waals surface area contributed by atoms with Crippen LogP contribution in [0.2, 0.25) is 0 Å². The molecular weight excluding hydrogens is 516 g/mol. The minimum atomic E-state index is -4.74. The zero-order valence-corrected chi connectivity index (χ0v) is 22.9. The summed E-state index contributed by atoms with van der Waals surface area (Å²) in [7, 11) is 1.88. The van der Waals surface area contributed by atoms with E-state index in [0.717, 1.165) is 23.7 Å². The predicted molar refractivity (Wildman–Crippen MR) is 140 cm³/mol. The number of nitrogens with zero attached hydrogens (tertiary/aromatic N) is 5. The first-order chi connectivity index (χ1) is 18.0. The molecule has 212 valence electrons. The zero-order chi connectivity index (χ0) is 29.3. The second-order valence-corrected chi connectivity index (χ2v) is 10.9. The van der Waals surface area contributed by atoms with Gasteiger partial charge in [-0.05, 0) is 64.1 Å². The molecule has 3 aromatic rings. The van der Waals surface area contributed by atoms with Crippen molar-refractivity contribution in [2.24, 2.45) is 5.73 Å². The molecular formula is C27H34F4N6O2. The Labute approximate surface area is 224 Å². The number of likely N-dealkylation sites (N-methyl/N-ethyl adjacent to an activating group) is 1. The first kappa shape index (κ1) is 30.2. The summed E-state index contributed by atoms with van der Waals surface area (Å²) >= 11 is 0. The van der Waals surface area contributed by atoms with Crippen LogP contribution in [-0.2, 0) is 4.79 Å². The number of carbonyl (C=O) groups is 2. The molecule has 1 saturated heterocycles. The molecule has 8 nitrogen and oxygen atoms in total. The fraction of sp³-hybridized carbons (Fsp3) is 0.481. The molecule has 1 fully saturated rings. The van der Waals surface area contributed by atoms with Gasteiger partial charge in [-0.15, -0.1) is 0 Å². The molecule has 39 heavy (non-hydrogen) atoms. The molecule has 2 N–H and O–H groups in total. The molecule has 2 aromatic heterocycles. The van der Waals surface area contributed by atoms with E-state index < -0.39 is 17.6 Å². The molecule has 3 heterocycles. The minimum absolute atomic E-state index is 0.233. The molecule has 1 amide bonds. The molecule has 0 saturated carbocycles. The lowest BCUT2D eigenvalue weighted by molar-refractivity contribution is -0.195. The van der Waals surface area contributed by atoms with Gasteiger partial charge in [0.05, 0.1) is 11.9 Å². The first-order valence-corrected chi connectivity index (χ1v) is 12.5. The van der Waals surface area contributed by atoms with Crippen molar-refractivity contribution < 1.29 is 27.2 Å². The van der Waals surface area contributed by atoms with E-state index in [2.05, 4.69) is 23.9 Å². The van der Waals surface area contributed by atoms with Crippen LogP contribution in [0.1, 0.15) is 56.6 Å². The van der Waals surface area contributed by atoms with Crippen LogP contribution in [0.15, 0.2) is 36.5 Å². The monoisotopic (exact) mass is 550 g/mol. The highest BCUT2D eigenvalue weighted by Crippen LogP contribution is 2.31. The van der Waals surface area contributed by atoms with Crippen LogP contribution in [0.3, 0.4) is 0 Å². The number of alkyl halides is 3. The lowest BCUT2D eigenvalue weighted by Crippen LogP contribution is -2.67. The third-order valence-corrected chi connectivity index (χ3v) is 6.99. The van der Waals surface area contributed by atoms with Crippen molar-refractivity contribution >= 4 is 17.8 Å². The summed E-state index contributed by atoms with van der Waals surface area (Å²) in [6.07, 6.45) is -2.44. The fourth-order valence-corrected chi connectivity index (χ4v) is 4.13.